The number of aromatic nitrogens is 2. The Morgan fingerprint density at radius 3 is 2.67 bits per heavy atom. The Kier molecular flexibility index (Phi) is 5.17. The monoisotopic (exact) mass is 296 g/mol. The summed E-state index contributed by atoms with van der Waals surface area (Å²) >= 11 is 0. The molecule has 1 aromatic rings. The van der Waals surface area contributed by atoms with Crippen molar-refractivity contribution in [3.8, 4) is 0 Å². The molecule has 7 heteroatoms. The van der Waals surface area contributed by atoms with Crippen molar-refractivity contribution in [2.45, 2.75) is 39.0 Å². The molecule has 2 rings (SSSR count). The summed E-state index contributed by atoms with van der Waals surface area (Å²) in [6.45, 7) is 2.71. The van der Waals surface area contributed by atoms with Crippen LogP contribution in [0.2, 0.25) is 0 Å². The van der Waals surface area contributed by atoms with E-state index in [2.05, 4.69) is 10.4 Å². The minimum absolute atomic E-state index is 0.0800. The highest BCUT2D eigenvalue weighted by molar-refractivity contribution is 5.59. The number of aliphatic hydroxyl groups excluding tert-OH is 1. The topological polar surface area (TPSA) is 93.2 Å². The number of nitrogens with zero attached hydrogens (tertiary/aromatic N) is 3. The summed E-state index contributed by atoms with van der Waals surface area (Å²) < 4.78 is 1.55. The first-order valence-corrected chi connectivity index (χ1v) is 7.63. The molecule has 0 bridgehead atoms. The molecule has 0 spiro atoms. The van der Waals surface area contributed by atoms with Crippen molar-refractivity contribution in [2.75, 3.05) is 18.5 Å². The van der Waals surface area contributed by atoms with Gasteiger partial charge in [-0.15, -0.1) is 0 Å². The summed E-state index contributed by atoms with van der Waals surface area (Å²) in [6.07, 6.45) is 4.96. The van der Waals surface area contributed by atoms with Gasteiger partial charge in [-0.1, -0.05) is 19.8 Å². The lowest BCUT2D eigenvalue weighted by atomic mass is 9.79. The van der Waals surface area contributed by atoms with Crippen LogP contribution in [0.1, 0.15) is 38.3 Å². The van der Waals surface area contributed by atoms with Gasteiger partial charge in [-0.2, -0.15) is 5.10 Å². The highest BCUT2D eigenvalue weighted by atomic mass is 16.6. The second-order valence-electron chi connectivity index (χ2n) is 5.75. The number of hydrogen-bond acceptors (Lipinski definition) is 5. The second-order valence-corrected chi connectivity index (χ2v) is 5.75. The molecule has 2 unspecified atom stereocenters. The Morgan fingerprint density at radius 1 is 1.43 bits per heavy atom. The molecule has 0 aliphatic heterocycles. The minimum Gasteiger partial charge on any atom is -0.396 e. The minimum atomic E-state index is -0.363. The molecule has 1 heterocycles. The number of anilines is 1. The molecule has 0 aromatic carbocycles. The van der Waals surface area contributed by atoms with Gasteiger partial charge in [0, 0.05) is 20.2 Å². The third-order valence-electron chi connectivity index (χ3n) is 4.44. The fourth-order valence-corrected chi connectivity index (χ4v) is 3.22. The first kappa shape index (κ1) is 15.8. The quantitative estimate of drug-likeness (QED) is 0.619. The molecule has 21 heavy (non-hydrogen) atoms. The molecular formula is C14H24N4O3. The Bertz CT molecular complexity index is 501. The van der Waals surface area contributed by atoms with Gasteiger partial charge in [0.25, 0.3) is 0 Å². The summed E-state index contributed by atoms with van der Waals surface area (Å²) in [5, 5.41) is 28.1. The van der Waals surface area contributed by atoms with Crippen LogP contribution in [0.4, 0.5) is 11.5 Å². The average Bonchev–Trinajstić information content (AvgIpc) is 2.81. The van der Waals surface area contributed by atoms with E-state index in [0.717, 1.165) is 25.7 Å². The van der Waals surface area contributed by atoms with E-state index in [9.17, 15) is 15.2 Å². The Labute approximate surface area is 124 Å². The number of nitro groups is 1. The third-order valence-corrected chi connectivity index (χ3v) is 4.44. The fourth-order valence-electron chi connectivity index (χ4n) is 3.22. The number of nitrogens with one attached hydrogen (secondary N) is 1. The maximum absolute atomic E-state index is 11.3. The van der Waals surface area contributed by atoms with Crippen LogP contribution in [-0.2, 0) is 13.5 Å². The highest BCUT2D eigenvalue weighted by Crippen LogP contribution is 2.32. The van der Waals surface area contributed by atoms with Crippen molar-refractivity contribution < 1.29 is 10.0 Å². The van der Waals surface area contributed by atoms with Gasteiger partial charge in [-0.3, -0.25) is 10.1 Å². The predicted molar refractivity (Wildman–Crippen MR) is 80.3 cm³/mol. The van der Waals surface area contributed by atoms with Gasteiger partial charge in [0.2, 0.25) is 5.82 Å². The van der Waals surface area contributed by atoms with E-state index in [1.165, 1.54) is 0 Å². The normalized spacial score (nSPS) is 22.2. The van der Waals surface area contributed by atoms with Crippen molar-refractivity contribution in [1.82, 2.24) is 9.78 Å². The van der Waals surface area contributed by atoms with Crippen LogP contribution in [0.25, 0.3) is 0 Å². The Balaban J connectivity index is 2.12. The molecular weight excluding hydrogens is 272 g/mol. The Hall–Kier alpha value is -1.63. The highest BCUT2D eigenvalue weighted by Gasteiger charge is 2.28. The van der Waals surface area contributed by atoms with Crippen molar-refractivity contribution in [3.05, 3.63) is 15.8 Å². The van der Waals surface area contributed by atoms with Gasteiger partial charge in [-0.05, 0) is 31.1 Å². The molecule has 0 saturated heterocycles. The van der Waals surface area contributed by atoms with Gasteiger partial charge < -0.3 is 10.4 Å². The van der Waals surface area contributed by atoms with E-state index >= 15 is 0 Å². The maximum Gasteiger partial charge on any atom is 0.333 e. The van der Waals surface area contributed by atoms with Gasteiger partial charge in [0.15, 0.2) is 0 Å². The van der Waals surface area contributed by atoms with Gasteiger partial charge >= 0.3 is 5.69 Å². The number of aliphatic hydroxyl groups is 1. The van der Waals surface area contributed by atoms with E-state index in [1.54, 1.807) is 11.7 Å². The SMILES string of the molecule is CCc1nn(C)c(NCC2CCCCC2CO)c1[N+](=O)[O-]. The zero-order valence-electron chi connectivity index (χ0n) is 12.7. The third kappa shape index (κ3) is 3.34. The van der Waals surface area contributed by atoms with Crippen LogP contribution in [0.3, 0.4) is 0 Å². The van der Waals surface area contributed by atoms with E-state index in [1.807, 2.05) is 6.92 Å². The second kappa shape index (κ2) is 6.89. The number of aryl methyl sites for hydroxylation is 2. The molecule has 1 aromatic heterocycles. The lowest BCUT2D eigenvalue weighted by molar-refractivity contribution is -0.384. The van der Waals surface area contributed by atoms with E-state index in [4.69, 9.17) is 0 Å². The lowest BCUT2D eigenvalue weighted by Gasteiger charge is -2.30. The van der Waals surface area contributed by atoms with E-state index in [0.29, 0.717) is 36.3 Å². The van der Waals surface area contributed by atoms with Crippen LogP contribution in [0.5, 0.6) is 0 Å². The van der Waals surface area contributed by atoms with Crippen molar-refractivity contribution >= 4 is 11.5 Å². The first-order chi connectivity index (χ1) is 10.1. The summed E-state index contributed by atoms with van der Waals surface area (Å²) in [4.78, 5) is 10.9. The van der Waals surface area contributed by atoms with Gasteiger partial charge in [0.05, 0.1) is 4.92 Å². The van der Waals surface area contributed by atoms with Crippen LogP contribution in [0.15, 0.2) is 0 Å². The summed E-state index contributed by atoms with van der Waals surface area (Å²) in [6, 6.07) is 0. The molecule has 1 saturated carbocycles. The van der Waals surface area contributed by atoms with Crippen LogP contribution >= 0.6 is 0 Å². The molecule has 2 atom stereocenters. The van der Waals surface area contributed by atoms with Gasteiger partial charge in [0.1, 0.15) is 5.69 Å². The van der Waals surface area contributed by atoms with Crippen LogP contribution in [-0.4, -0.2) is 33.0 Å². The fraction of sp³-hybridized carbons (Fsp3) is 0.786. The largest absolute Gasteiger partial charge is 0.396 e. The van der Waals surface area contributed by atoms with Crippen molar-refractivity contribution in [3.63, 3.8) is 0 Å². The molecule has 1 fully saturated rings. The first-order valence-electron chi connectivity index (χ1n) is 7.63. The molecule has 1 aliphatic carbocycles. The summed E-state index contributed by atoms with van der Waals surface area (Å²) in [5.74, 6) is 1.13. The molecule has 1 aliphatic rings. The maximum atomic E-state index is 11.3. The van der Waals surface area contributed by atoms with E-state index in [-0.39, 0.29) is 17.2 Å². The number of rotatable bonds is 6. The smallest absolute Gasteiger partial charge is 0.333 e. The molecule has 7 nitrogen and oxygen atoms in total. The van der Waals surface area contributed by atoms with E-state index < -0.39 is 0 Å². The van der Waals surface area contributed by atoms with Gasteiger partial charge in [-0.25, -0.2) is 4.68 Å². The summed E-state index contributed by atoms with van der Waals surface area (Å²) in [5.41, 5.74) is 0.587. The molecule has 2 N–H and O–H groups in total. The zero-order valence-corrected chi connectivity index (χ0v) is 12.7. The lowest BCUT2D eigenvalue weighted by Crippen LogP contribution is -2.29. The van der Waals surface area contributed by atoms with Crippen LogP contribution < -0.4 is 5.32 Å². The molecule has 118 valence electrons. The molecule has 0 radical (unpaired) electrons. The predicted octanol–water partition coefficient (Wildman–Crippen LogP) is 2.10. The average molecular weight is 296 g/mol. The molecule has 0 amide bonds. The zero-order chi connectivity index (χ0) is 15.4. The van der Waals surface area contributed by atoms with Crippen molar-refractivity contribution in [1.29, 1.82) is 0 Å². The van der Waals surface area contributed by atoms with Crippen LogP contribution in [0, 0.1) is 22.0 Å². The number of hydrogen-bond donors (Lipinski definition) is 2. The Morgan fingerprint density at radius 2 is 2.10 bits per heavy atom. The summed E-state index contributed by atoms with van der Waals surface area (Å²) in [7, 11) is 1.72. The standard InChI is InChI=1S/C14H24N4O3/c1-3-12-13(18(20)21)14(17(2)16-12)15-8-10-6-4-5-7-11(10)9-19/h10-11,15,19H,3-9H2,1-2H3. The van der Waals surface area contributed by atoms with Crippen molar-refractivity contribution in [2.24, 2.45) is 18.9 Å².